The van der Waals surface area contributed by atoms with E-state index in [9.17, 15) is 9.18 Å². The Kier molecular flexibility index (Phi) is 4.67. The fraction of sp³-hybridized carbons (Fsp3) is 0.278. The molecule has 0 aliphatic rings. The smallest absolute Gasteiger partial charge is 0.300 e. The van der Waals surface area contributed by atoms with Crippen LogP contribution >= 0.6 is 11.3 Å². The second kappa shape index (κ2) is 6.76. The van der Waals surface area contributed by atoms with Crippen molar-refractivity contribution in [2.45, 2.75) is 33.4 Å². The number of aromatic nitrogens is 3. The van der Waals surface area contributed by atoms with Crippen molar-refractivity contribution in [2.24, 2.45) is 4.99 Å². The molecule has 2 aromatic heterocycles. The molecular weight excluding hydrogens is 339 g/mol. The number of nitrogens with zero attached hydrogens (tertiary/aromatic N) is 4. The minimum Gasteiger partial charge on any atom is -0.310 e. The molecule has 0 aliphatic heterocycles. The van der Waals surface area contributed by atoms with Crippen molar-refractivity contribution < 1.29 is 9.18 Å². The van der Waals surface area contributed by atoms with Gasteiger partial charge in [-0.3, -0.25) is 9.48 Å². The van der Waals surface area contributed by atoms with E-state index < -0.39 is 5.91 Å². The number of aryl methyl sites for hydroxylation is 1. The van der Waals surface area contributed by atoms with Gasteiger partial charge < -0.3 is 4.57 Å². The Hall–Kier alpha value is -2.54. The zero-order valence-electron chi connectivity index (χ0n) is 14.4. The fourth-order valence-electron chi connectivity index (χ4n) is 2.73. The highest BCUT2D eigenvalue weighted by Gasteiger charge is 2.15. The molecular formula is C18H19FN4OS. The van der Waals surface area contributed by atoms with Crippen molar-refractivity contribution in [3.05, 3.63) is 58.9 Å². The number of para-hydroxylation sites is 1. The van der Waals surface area contributed by atoms with Crippen molar-refractivity contribution >= 4 is 27.5 Å². The Balaban J connectivity index is 2.13. The molecule has 0 N–H and O–H groups in total. The molecule has 5 nitrogen and oxygen atoms in total. The molecule has 3 aromatic rings. The number of hydrogen-bond acceptors (Lipinski definition) is 3. The van der Waals surface area contributed by atoms with E-state index in [1.165, 1.54) is 17.4 Å². The molecule has 0 fully saturated rings. The second-order valence-electron chi connectivity index (χ2n) is 6.00. The van der Waals surface area contributed by atoms with Gasteiger partial charge in [-0.05, 0) is 39.0 Å². The first-order valence-corrected chi connectivity index (χ1v) is 8.78. The molecule has 0 radical (unpaired) electrons. The predicted molar refractivity (Wildman–Crippen MR) is 97.2 cm³/mol. The van der Waals surface area contributed by atoms with Gasteiger partial charge >= 0.3 is 0 Å². The molecule has 0 atom stereocenters. The van der Waals surface area contributed by atoms with Crippen LogP contribution in [0.1, 0.15) is 36.1 Å². The molecule has 7 heteroatoms. The number of hydrogen-bond donors (Lipinski definition) is 0. The maximum Gasteiger partial charge on any atom is 0.300 e. The van der Waals surface area contributed by atoms with E-state index in [4.69, 9.17) is 0 Å². The van der Waals surface area contributed by atoms with E-state index in [-0.39, 0.29) is 17.6 Å². The lowest BCUT2D eigenvalue weighted by atomic mass is 10.3. The number of benzene rings is 1. The summed E-state index contributed by atoms with van der Waals surface area (Å²) in [5, 5.41) is 4.33. The van der Waals surface area contributed by atoms with Gasteiger partial charge in [0.1, 0.15) is 5.82 Å². The predicted octanol–water partition coefficient (Wildman–Crippen LogP) is 3.85. The number of fused-ring (bicyclic) bond motifs is 1. The van der Waals surface area contributed by atoms with E-state index in [1.807, 2.05) is 26.8 Å². The van der Waals surface area contributed by atoms with Crippen molar-refractivity contribution in [3.8, 4) is 0 Å². The van der Waals surface area contributed by atoms with Crippen LogP contribution in [0.4, 0.5) is 4.39 Å². The van der Waals surface area contributed by atoms with E-state index in [1.54, 1.807) is 27.5 Å². The molecule has 3 rings (SSSR count). The zero-order valence-corrected chi connectivity index (χ0v) is 15.2. The Morgan fingerprint density at radius 2 is 2.24 bits per heavy atom. The molecule has 25 heavy (non-hydrogen) atoms. The van der Waals surface area contributed by atoms with Gasteiger partial charge in [0.2, 0.25) is 0 Å². The summed E-state index contributed by atoms with van der Waals surface area (Å²) in [6, 6.07) is 6.73. The average molecular weight is 358 g/mol. The number of rotatable bonds is 4. The minimum atomic E-state index is -0.438. The first kappa shape index (κ1) is 17.3. The number of thiazole rings is 1. The third-order valence-corrected chi connectivity index (χ3v) is 4.83. The zero-order chi connectivity index (χ0) is 18.1. The summed E-state index contributed by atoms with van der Waals surface area (Å²) in [5.41, 5.74) is 1.62. The molecule has 130 valence electrons. The Bertz CT molecular complexity index is 1030. The first-order valence-electron chi connectivity index (χ1n) is 7.96. The molecule has 0 saturated carbocycles. The van der Waals surface area contributed by atoms with Crippen LogP contribution in [0.3, 0.4) is 0 Å². The molecule has 2 heterocycles. The van der Waals surface area contributed by atoms with Gasteiger partial charge in [0, 0.05) is 18.3 Å². The lowest BCUT2D eigenvalue weighted by Gasteiger charge is -2.06. The number of allylic oxidation sites excluding steroid dienone is 1. The summed E-state index contributed by atoms with van der Waals surface area (Å²) in [4.78, 5) is 17.2. The molecule has 0 bridgehead atoms. The maximum absolute atomic E-state index is 14.2. The fourth-order valence-corrected chi connectivity index (χ4v) is 3.78. The quantitative estimate of drug-likeness (QED) is 0.665. The van der Waals surface area contributed by atoms with Crippen LogP contribution in [0.5, 0.6) is 0 Å². The summed E-state index contributed by atoms with van der Waals surface area (Å²) in [5.74, 6) is -0.781. The summed E-state index contributed by atoms with van der Waals surface area (Å²) < 4.78 is 18.4. The summed E-state index contributed by atoms with van der Waals surface area (Å²) in [6.07, 6.45) is 1.65. The highest BCUT2D eigenvalue weighted by Crippen LogP contribution is 2.20. The molecule has 1 amide bonds. The lowest BCUT2D eigenvalue weighted by Crippen LogP contribution is -2.17. The third kappa shape index (κ3) is 3.19. The standard InChI is InChI=1S/C18H19FN4OS/c1-5-9-22-16-13(19)7-6-8-15(16)25-18(22)20-17(24)14-10-12(4)23(21-14)11(2)3/h5-8,10-11H,1,9H2,2-4H3. The summed E-state index contributed by atoms with van der Waals surface area (Å²) in [7, 11) is 0. The van der Waals surface area contributed by atoms with Gasteiger partial charge in [0.25, 0.3) is 5.91 Å². The third-order valence-electron chi connectivity index (χ3n) is 3.79. The number of halogens is 1. The Morgan fingerprint density at radius 1 is 1.48 bits per heavy atom. The lowest BCUT2D eigenvalue weighted by molar-refractivity contribution is 0.0992. The highest BCUT2D eigenvalue weighted by molar-refractivity contribution is 7.16. The summed E-state index contributed by atoms with van der Waals surface area (Å²) in [6.45, 7) is 9.97. The first-order chi connectivity index (χ1) is 11.9. The van der Waals surface area contributed by atoms with Crippen molar-refractivity contribution in [1.29, 1.82) is 0 Å². The SMILES string of the molecule is C=CCn1c(=NC(=O)c2cc(C)n(C(C)C)n2)sc2cccc(F)c21. The molecule has 0 aliphatic carbocycles. The van der Waals surface area contributed by atoms with Gasteiger partial charge in [0.05, 0.1) is 10.2 Å². The van der Waals surface area contributed by atoms with Gasteiger partial charge in [-0.2, -0.15) is 10.1 Å². The van der Waals surface area contributed by atoms with Crippen LogP contribution in [0.15, 0.2) is 41.9 Å². The van der Waals surface area contributed by atoms with Gasteiger partial charge in [-0.1, -0.05) is 23.5 Å². The number of amides is 1. The normalized spacial score (nSPS) is 12.3. The van der Waals surface area contributed by atoms with E-state index in [0.717, 1.165) is 10.4 Å². The van der Waals surface area contributed by atoms with Gasteiger partial charge in [-0.25, -0.2) is 4.39 Å². The largest absolute Gasteiger partial charge is 0.310 e. The van der Waals surface area contributed by atoms with Crippen LogP contribution in [-0.2, 0) is 6.54 Å². The Morgan fingerprint density at radius 3 is 2.88 bits per heavy atom. The molecule has 0 spiro atoms. The Labute approximate surface area is 148 Å². The number of carbonyl (C=O) groups is 1. The van der Waals surface area contributed by atoms with Crippen LogP contribution < -0.4 is 4.80 Å². The van der Waals surface area contributed by atoms with E-state index in [2.05, 4.69) is 16.7 Å². The van der Waals surface area contributed by atoms with Gasteiger partial charge in [-0.15, -0.1) is 6.58 Å². The monoisotopic (exact) mass is 358 g/mol. The maximum atomic E-state index is 14.2. The van der Waals surface area contributed by atoms with Crippen molar-refractivity contribution in [3.63, 3.8) is 0 Å². The van der Waals surface area contributed by atoms with Crippen LogP contribution in [0.2, 0.25) is 0 Å². The molecule has 0 saturated heterocycles. The van der Waals surface area contributed by atoms with E-state index >= 15 is 0 Å². The minimum absolute atomic E-state index is 0.158. The molecule has 0 unspecified atom stereocenters. The number of carbonyl (C=O) groups excluding carboxylic acids is 1. The van der Waals surface area contributed by atoms with E-state index in [0.29, 0.717) is 16.9 Å². The van der Waals surface area contributed by atoms with Crippen LogP contribution in [-0.4, -0.2) is 20.3 Å². The van der Waals surface area contributed by atoms with Crippen LogP contribution in [0.25, 0.3) is 10.2 Å². The summed E-state index contributed by atoms with van der Waals surface area (Å²) >= 11 is 1.27. The van der Waals surface area contributed by atoms with Gasteiger partial charge in [0.15, 0.2) is 10.5 Å². The molecule has 1 aromatic carbocycles. The van der Waals surface area contributed by atoms with Crippen molar-refractivity contribution in [1.82, 2.24) is 14.3 Å². The average Bonchev–Trinajstić information content (AvgIpc) is 3.10. The van der Waals surface area contributed by atoms with Crippen molar-refractivity contribution in [2.75, 3.05) is 0 Å². The van der Waals surface area contributed by atoms with Crippen LogP contribution in [0, 0.1) is 12.7 Å². The highest BCUT2D eigenvalue weighted by atomic mass is 32.1. The second-order valence-corrected chi connectivity index (χ2v) is 7.01. The topological polar surface area (TPSA) is 52.2 Å².